The molecule has 2 unspecified atom stereocenters. The molecule has 4 amide bonds. The van der Waals surface area contributed by atoms with Crippen molar-refractivity contribution < 1.29 is 19.2 Å². The Morgan fingerprint density at radius 2 is 1.70 bits per heavy atom. The number of hydrogen-bond donors (Lipinski definition) is 2. The lowest BCUT2D eigenvalue weighted by atomic mass is 9.80. The summed E-state index contributed by atoms with van der Waals surface area (Å²) in [7, 11) is 3.38. The fourth-order valence-corrected chi connectivity index (χ4v) is 4.08. The quantitative estimate of drug-likeness (QED) is 0.689. The molecule has 170 valence electrons. The van der Waals surface area contributed by atoms with Gasteiger partial charge >= 0.3 is 0 Å². The zero-order valence-electron chi connectivity index (χ0n) is 18.6. The molecule has 0 aromatic heterocycles. The van der Waals surface area contributed by atoms with Gasteiger partial charge in [-0.25, -0.2) is 5.01 Å². The predicted octanol–water partition coefficient (Wildman–Crippen LogP) is 2.28. The van der Waals surface area contributed by atoms with Crippen LogP contribution in [0.1, 0.15) is 39.1 Å². The second kappa shape index (κ2) is 9.28. The molecule has 2 atom stereocenters. The molecule has 1 fully saturated rings. The monoisotopic (exact) mass is 446 g/mol. The van der Waals surface area contributed by atoms with Gasteiger partial charge < -0.3 is 10.2 Å². The molecule has 0 radical (unpaired) electrons. The normalized spacial score (nSPS) is 19.5. The Hall–Kier alpha value is -3.94. The van der Waals surface area contributed by atoms with E-state index in [9.17, 15) is 19.2 Å². The van der Waals surface area contributed by atoms with Crippen molar-refractivity contribution in [3.05, 3.63) is 77.4 Å². The van der Waals surface area contributed by atoms with E-state index in [0.29, 0.717) is 29.7 Å². The van der Waals surface area contributed by atoms with Crippen molar-refractivity contribution in [1.82, 2.24) is 15.6 Å². The number of hydrogen-bond acceptors (Lipinski definition) is 4. The second-order valence-corrected chi connectivity index (χ2v) is 8.44. The van der Waals surface area contributed by atoms with E-state index >= 15 is 0 Å². The fraction of sp³-hybridized carbons (Fsp3) is 0.280. The average Bonchev–Trinajstić information content (AvgIpc) is 2.84. The highest BCUT2D eigenvalue weighted by Gasteiger charge is 2.42. The highest BCUT2D eigenvalue weighted by atomic mass is 16.2. The number of amides is 4. The smallest absolute Gasteiger partial charge is 0.253 e. The average molecular weight is 447 g/mol. The summed E-state index contributed by atoms with van der Waals surface area (Å²) in [6, 6.07) is 13.7. The summed E-state index contributed by atoms with van der Waals surface area (Å²) < 4.78 is 0. The topological polar surface area (TPSA) is 98.8 Å². The molecule has 2 aromatic carbocycles. The molecule has 4 rings (SSSR count). The minimum atomic E-state index is -0.386. The third-order valence-corrected chi connectivity index (χ3v) is 5.96. The van der Waals surface area contributed by atoms with E-state index in [-0.39, 0.29) is 42.0 Å². The molecule has 2 N–H and O–H groups in total. The van der Waals surface area contributed by atoms with Crippen molar-refractivity contribution in [1.29, 1.82) is 0 Å². The molecule has 1 heterocycles. The Morgan fingerprint density at radius 1 is 1.00 bits per heavy atom. The standard InChI is InChI=1S/C25H26N4O4/c1-28(2)24(32)17-12-10-16(11-13-17)15-26-22(30)18-6-5-7-19(14-18)29-25(33)21-9-4-3-8-20(21)23(31)27-29/h3-7,10-14,20-21H,8-9,15H2,1-2H3,(H,26,30)(H,27,31). The SMILES string of the molecule is CN(C)C(=O)c1ccc(CNC(=O)c2cccc(N3NC(=O)C4CC=CCC4C3=O)c2)cc1. The summed E-state index contributed by atoms with van der Waals surface area (Å²) in [4.78, 5) is 51.7. The van der Waals surface area contributed by atoms with Crippen molar-refractivity contribution in [2.24, 2.45) is 11.8 Å². The molecule has 8 heteroatoms. The van der Waals surface area contributed by atoms with Crippen molar-refractivity contribution >= 4 is 29.3 Å². The molecule has 1 aliphatic heterocycles. The number of nitrogens with zero attached hydrogens (tertiary/aromatic N) is 2. The van der Waals surface area contributed by atoms with Crippen molar-refractivity contribution in [3.63, 3.8) is 0 Å². The van der Waals surface area contributed by atoms with Crippen LogP contribution in [0.25, 0.3) is 0 Å². The molecule has 2 aliphatic rings. The maximum atomic E-state index is 13.0. The Labute approximate surface area is 192 Å². The minimum Gasteiger partial charge on any atom is -0.348 e. The van der Waals surface area contributed by atoms with Crippen LogP contribution in [0.15, 0.2) is 60.7 Å². The molecule has 1 aliphatic carbocycles. The van der Waals surface area contributed by atoms with Gasteiger partial charge in [-0.1, -0.05) is 30.4 Å². The Kier molecular flexibility index (Phi) is 6.26. The van der Waals surface area contributed by atoms with Gasteiger partial charge in [-0.2, -0.15) is 0 Å². The number of anilines is 1. The number of hydrazine groups is 1. The van der Waals surface area contributed by atoms with Crippen LogP contribution in [-0.2, 0) is 16.1 Å². The Balaban J connectivity index is 1.43. The van der Waals surface area contributed by atoms with Crippen LogP contribution in [0.4, 0.5) is 5.69 Å². The van der Waals surface area contributed by atoms with Crippen molar-refractivity contribution in [3.8, 4) is 0 Å². The number of carbonyl (C=O) groups excluding carboxylic acids is 4. The first kappa shape index (κ1) is 22.3. The number of fused-ring (bicyclic) bond motifs is 1. The third-order valence-electron chi connectivity index (χ3n) is 5.96. The Bertz CT molecular complexity index is 1120. The molecule has 0 spiro atoms. The second-order valence-electron chi connectivity index (χ2n) is 8.44. The van der Waals surface area contributed by atoms with E-state index in [0.717, 1.165) is 5.56 Å². The number of rotatable bonds is 5. The van der Waals surface area contributed by atoms with Crippen LogP contribution in [0.5, 0.6) is 0 Å². The van der Waals surface area contributed by atoms with Gasteiger partial charge in [-0.3, -0.25) is 24.6 Å². The maximum absolute atomic E-state index is 13.0. The third kappa shape index (κ3) is 4.64. The number of carbonyl (C=O) groups is 4. The lowest BCUT2D eigenvalue weighted by molar-refractivity contribution is -0.139. The molecule has 33 heavy (non-hydrogen) atoms. The van der Waals surface area contributed by atoms with E-state index in [1.165, 1.54) is 9.91 Å². The molecular formula is C25H26N4O4. The van der Waals surface area contributed by atoms with Crippen molar-refractivity contribution in [2.75, 3.05) is 19.1 Å². The van der Waals surface area contributed by atoms with E-state index in [4.69, 9.17) is 0 Å². The van der Waals surface area contributed by atoms with Crippen LogP contribution in [0.2, 0.25) is 0 Å². The molecule has 0 saturated carbocycles. The van der Waals surface area contributed by atoms with Crippen molar-refractivity contribution in [2.45, 2.75) is 19.4 Å². The van der Waals surface area contributed by atoms with E-state index in [2.05, 4.69) is 10.7 Å². The van der Waals surface area contributed by atoms with Gasteiger partial charge in [0.2, 0.25) is 11.8 Å². The van der Waals surface area contributed by atoms with E-state index < -0.39 is 0 Å². The summed E-state index contributed by atoms with van der Waals surface area (Å²) in [6.45, 7) is 0.287. The summed E-state index contributed by atoms with van der Waals surface area (Å²) >= 11 is 0. The highest BCUT2D eigenvalue weighted by Crippen LogP contribution is 2.32. The maximum Gasteiger partial charge on any atom is 0.253 e. The van der Waals surface area contributed by atoms with Crippen LogP contribution >= 0.6 is 0 Å². The highest BCUT2D eigenvalue weighted by molar-refractivity contribution is 6.05. The van der Waals surface area contributed by atoms with Gasteiger partial charge in [-0.05, 0) is 48.7 Å². The van der Waals surface area contributed by atoms with Gasteiger partial charge in [0.15, 0.2) is 0 Å². The van der Waals surface area contributed by atoms with Gasteiger partial charge in [0.05, 0.1) is 17.5 Å². The molecule has 2 aromatic rings. The Morgan fingerprint density at radius 3 is 2.39 bits per heavy atom. The van der Waals surface area contributed by atoms with Crippen LogP contribution in [-0.4, -0.2) is 42.6 Å². The van der Waals surface area contributed by atoms with E-state index in [1.54, 1.807) is 62.6 Å². The number of allylic oxidation sites excluding steroid dienone is 2. The summed E-state index contributed by atoms with van der Waals surface area (Å²) in [5.41, 5.74) is 4.92. The largest absolute Gasteiger partial charge is 0.348 e. The first-order chi connectivity index (χ1) is 15.8. The summed E-state index contributed by atoms with van der Waals surface area (Å²) in [6.07, 6.45) is 4.96. The first-order valence-corrected chi connectivity index (χ1v) is 10.8. The lowest BCUT2D eigenvalue weighted by Gasteiger charge is -2.38. The zero-order chi connectivity index (χ0) is 23.5. The van der Waals surface area contributed by atoms with Gasteiger partial charge in [0.25, 0.3) is 11.8 Å². The molecular weight excluding hydrogens is 420 g/mol. The fourth-order valence-electron chi connectivity index (χ4n) is 4.08. The zero-order valence-corrected chi connectivity index (χ0v) is 18.6. The van der Waals surface area contributed by atoms with E-state index in [1.807, 2.05) is 12.2 Å². The van der Waals surface area contributed by atoms with Crippen LogP contribution in [0, 0.1) is 11.8 Å². The summed E-state index contributed by atoms with van der Waals surface area (Å²) in [5, 5.41) is 4.10. The number of benzene rings is 2. The predicted molar refractivity (Wildman–Crippen MR) is 123 cm³/mol. The molecule has 0 bridgehead atoms. The molecule has 1 saturated heterocycles. The number of nitrogens with one attached hydrogen (secondary N) is 2. The summed E-state index contributed by atoms with van der Waals surface area (Å²) in [5.74, 6) is -1.48. The van der Waals surface area contributed by atoms with Crippen LogP contribution < -0.4 is 15.8 Å². The minimum absolute atomic E-state index is 0.0858. The van der Waals surface area contributed by atoms with Gasteiger partial charge in [0, 0.05) is 31.8 Å². The molecule has 8 nitrogen and oxygen atoms in total. The first-order valence-electron chi connectivity index (χ1n) is 10.8. The van der Waals surface area contributed by atoms with Gasteiger partial charge in [0.1, 0.15) is 0 Å². The van der Waals surface area contributed by atoms with Crippen LogP contribution in [0.3, 0.4) is 0 Å². The van der Waals surface area contributed by atoms with Gasteiger partial charge in [-0.15, -0.1) is 0 Å². The lowest BCUT2D eigenvalue weighted by Crippen LogP contribution is -2.59.